The molecule has 1 heterocycles. The molecule has 1 N–H and O–H groups in total. The van der Waals surface area contributed by atoms with Gasteiger partial charge in [-0.2, -0.15) is 0 Å². The maximum atomic E-state index is 4.14. The summed E-state index contributed by atoms with van der Waals surface area (Å²) in [4.78, 5) is 4.14. The van der Waals surface area contributed by atoms with E-state index in [4.69, 9.17) is 0 Å². The monoisotopic (exact) mass is 338 g/mol. The first-order valence-electron chi connectivity index (χ1n) is 5.59. The maximum absolute atomic E-state index is 4.14. The van der Waals surface area contributed by atoms with Crippen molar-refractivity contribution < 1.29 is 0 Å². The van der Waals surface area contributed by atoms with E-state index >= 15 is 0 Å². The number of hydrogen-bond donors (Lipinski definition) is 1. The average Bonchev–Trinajstić information content (AvgIpc) is 2.34. The fourth-order valence-electron chi connectivity index (χ4n) is 1.74. The Morgan fingerprint density at radius 3 is 2.76 bits per heavy atom. The highest BCUT2D eigenvalue weighted by atomic mass is 127. The second-order valence-electron chi connectivity index (χ2n) is 4.11. The molecule has 0 amide bonds. The maximum Gasteiger partial charge on any atom is 0.0500 e. The van der Waals surface area contributed by atoms with Gasteiger partial charge in [-0.25, -0.2) is 0 Å². The molecule has 88 valence electrons. The van der Waals surface area contributed by atoms with Crippen molar-refractivity contribution in [1.82, 2.24) is 4.98 Å². The van der Waals surface area contributed by atoms with Gasteiger partial charge in [0.05, 0.1) is 6.04 Å². The fraction of sp³-hybridized carbons (Fsp3) is 0.214. The van der Waals surface area contributed by atoms with Gasteiger partial charge in [-0.1, -0.05) is 6.07 Å². The molecule has 0 fully saturated rings. The number of rotatable bonds is 3. The normalized spacial score (nSPS) is 12.2. The molecule has 0 aliphatic carbocycles. The summed E-state index contributed by atoms with van der Waals surface area (Å²) in [6.45, 7) is 4.27. The third-order valence-electron chi connectivity index (χ3n) is 2.74. The number of aromatic nitrogens is 1. The quantitative estimate of drug-likeness (QED) is 0.850. The van der Waals surface area contributed by atoms with Crippen LogP contribution in [-0.4, -0.2) is 4.98 Å². The number of benzene rings is 1. The Morgan fingerprint density at radius 1 is 1.29 bits per heavy atom. The lowest BCUT2D eigenvalue weighted by Gasteiger charge is -2.17. The lowest BCUT2D eigenvalue weighted by molar-refractivity contribution is 0.873. The van der Waals surface area contributed by atoms with Crippen LogP contribution in [-0.2, 0) is 0 Å². The second-order valence-corrected chi connectivity index (χ2v) is 5.36. The summed E-state index contributed by atoms with van der Waals surface area (Å²) in [7, 11) is 0. The highest BCUT2D eigenvalue weighted by Gasteiger charge is 2.06. The predicted octanol–water partition coefficient (Wildman–Crippen LogP) is 4.17. The number of nitrogens with zero attached hydrogens (tertiary/aromatic N) is 1. The number of pyridine rings is 1. The molecule has 0 bridgehead atoms. The van der Waals surface area contributed by atoms with E-state index < -0.39 is 0 Å². The van der Waals surface area contributed by atoms with Gasteiger partial charge < -0.3 is 5.32 Å². The van der Waals surface area contributed by atoms with Crippen molar-refractivity contribution in [2.24, 2.45) is 0 Å². The smallest absolute Gasteiger partial charge is 0.0500 e. The van der Waals surface area contributed by atoms with E-state index in [2.05, 4.69) is 71.0 Å². The topological polar surface area (TPSA) is 24.9 Å². The van der Waals surface area contributed by atoms with E-state index in [0.29, 0.717) is 0 Å². The van der Waals surface area contributed by atoms with E-state index in [9.17, 15) is 0 Å². The summed E-state index contributed by atoms with van der Waals surface area (Å²) in [6.07, 6.45) is 3.70. The molecule has 0 spiro atoms. The lowest BCUT2D eigenvalue weighted by Crippen LogP contribution is -2.07. The highest BCUT2D eigenvalue weighted by Crippen LogP contribution is 2.23. The van der Waals surface area contributed by atoms with Crippen LogP contribution in [0.25, 0.3) is 0 Å². The standard InChI is InChI=1S/C14H15IN2/c1-10-8-13(15)5-6-14(10)17-11(2)12-4-3-7-16-9-12/h3-9,11,17H,1-2H3. The Hall–Kier alpha value is -1.10. The number of halogens is 1. The average molecular weight is 338 g/mol. The summed E-state index contributed by atoms with van der Waals surface area (Å²) in [6, 6.07) is 10.7. The molecule has 0 radical (unpaired) electrons. The van der Waals surface area contributed by atoms with Crippen LogP contribution in [0.4, 0.5) is 5.69 Å². The first-order valence-corrected chi connectivity index (χ1v) is 6.67. The summed E-state index contributed by atoms with van der Waals surface area (Å²) in [5.41, 5.74) is 3.65. The van der Waals surface area contributed by atoms with Crippen LogP contribution < -0.4 is 5.32 Å². The van der Waals surface area contributed by atoms with Crippen LogP contribution in [0, 0.1) is 10.5 Å². The third kappa shape index (κ3) is 3.19. The molecule has 17 heavy (non-hydrogen) atoms. The molecular weight excluding hydrogens is 323 g/mol. The van der Waals surface area contributed by atoms with E-state index in [1.54, 1.807) is 6.20 Å². The van der Waals surface area contributed by atoms with Crippen molar-refractivity contribution in [1.29, 1.82) is 0 Å². The molecule has 0 saturated carbocycles. The second kappa shape index (κ2) is 5.49. The van der Waals surface area contributed by atoms with Crippen LogP contribution in [0.15, 0.2) is 42.7 Å². The van der Waals surface area contributed by atoms with E-state index in [-0.39, 0.29) is 6.04 Å². The zero-order valence-electron chi connectivity index (χ0n) is 9.94. The van der Waals surface area contributed by atoms with Crippen LogP contribution in [0.2, 0.25) is 0 Å². The van der Waals surface area contributed by atoms with Crippen molar-refractivity contribution in [2.45, 2.75) is 19.9 Å². The van der Waals surface area contributed by atoms with Crippen molar-refractivity contribution in [3.8, 4) is 0 Å². The SMILES string of the molecule is Cc1cc(I)ccc1NC(C)c1cccnc1. The minimum Gasteiger partial charge on any atom is -0.378 e. The number of aryl methyl sites for hydroxylation is 1. The van der Waals surface area contributed by atoms with Crippen molar-refractivity contribution in [3.05, 3.63) is 57.4 Å². The van der Waals surface area contributed by atoms with Gasteiger partial charge in [-0.05, 0) is 71.8 Å². The Bertz CT molecular complexity index is 497. The minimum absolute atomic E-state index is 0.266. The largest absolute Gasteiger partial charge is 0.378 e. The molecule has 1 atom stereocenters. The molecule has 1 unspecified atom stereocenters. The van der Waals surface area contributed by atoms with E-state index in [0.717, 1.165) is 0 Å². The molecule has 2 rings (SSSR count). The molecule has 0 aliphatic heterocycles. The molecule has 3 heteroatoms. The Morgan fingerprint density at radius 2 is 2.12 bits per heavy atom. The fourth-order valence-corrected chi connectivity index (χ4v) is 2.38. The Kier molecular flexibility index (Phi) is 3.99. The van der Waals surface area contributed by atoms with Gasteiger partial charge in [0.25, 0.3) is 0 Å². The van der Waals surface area contributed by atoms with Crippen LogP contribution >= 0.6 is 22.6 Å². The van der Waals surface area contributed by atoms with Gasteiger partial charge in [0.15, 0.2) is 0 Å². The van der Waals surface area contributed by atoms with E-state index in [1.165, 1.54) is 20.4 Å². The molecule has 1 aromatic heterocycles. The van der Waals surface area contributed by atoms with Crippen LogP contribution in [0.3, 0.4) is 0 Å². The molecule has 0 saturated heterocycles. The minimum atomic E-state index is 0.266. The number of nitrogens with one attached hydrogen (secondary N) is 1. The van der Waals surface area contributed by atoms with Crippen molar-refractivity contribution >= 4 is 28.3 Å². The Balaban J connectivity index is 2.16. The summed E-state index contributed by atoms with van der Waals surface area (Å²) in [5, 5.41) is 3.51. The molecular formula is C14H15IN2. The Labute approximate surface area is 116 Å². The van der Waals surface area contributed by atoms with Crippen molar-refractivity contribution in [3.63, 3.8) is 0 Å². The first-order chi connectivity index (χ1) is 8.16. The molecule has 2 nitrogen and oxygen atoms in total. The third-order valence-corrected chi connectivity index (χ3v) is 3.42. The molecule has 2 aromatic rings. The molecule has 0 aliphatic rings. The van der Waals surface area contributed by atoms with Gasteiger partial charge in [-0.3, -0.25) is 4.98 Å². The zero-order chi connectivity index (χ0) is 12.3. The predicted molar refractivity (Wildman–Crippen MR) is 80.2 cm³/mol. The summed E-state index contributed by atoms with van der Waals surface area (Å²) < 4.78 is 1.26. The zero-order valence-corrected chi connectivity index (χ0v) is 12.1. The first kappa shape index (κ1) is 12.4. The van der Waals surface area contributed by atoms with Gasteiger partial charge in [-0.15, -0.1) is 0 Å². The number of hydrogen-bond acceptors (Lipinski definition) is 2. The molecule has 1 aromatic carbocycles. The summed E-state index contributed by atoms with van der Waals surface area (Å²) >= 11 is 2.33. The summed E-state index contributed by atoms with van der Waals surface area (Å²) in [5.74, 6) is 0. The van der Waals surface area contributed by atoms with E-state index in [1.807, 2.05) is 12.3 Å². The van der Waals surface area contributed by atoms with Crippen LogP contribution in [0.5, 0.6) is 0 Å². The number of anilines is 1. The van der Waals surface area contributed by atoms with Gasteiger partial charge in [0.2, 0.25) is 0 Å². The van der Waals surface area contributed by atoms with Gasteiger partial charge in [0, 0.05) is 21.7 Å². The van der Waals surface area contributed by atoms with Crippen molar-refractivity contribution in [2.75, 3.05) is 5.32 Å². The van der Waals surface area contributed by atoms with Gasteiger partial charge in [0.1, 0.15) is 0 Å². The highest BCUT2D eigenvalue weighted by molar-refractivity contribution is 14.1. The van der Waals surface area contributed by atoms with Gasteiger partial charge >= 0.3 is 0 Å². The van der Waals surface area contributed by atoms with Crippen LogP contribution in [0.1, 0.15) is 24.1 Å². The lowest BCUT2D eigenvalue weighted by atomic mass is 10.1.